The van der Waals surface area contributed by atoms with E-state index in [1.807, 2.05) is 17.9 Å². The molecule has 2 rings (SSSR count). The molecule has 0 bridgehead atoms. The zero-order valence-electron chi connectivity index (χ0n) is 12.2. The third-order valence-corrected chi connectivity index (χ3v) is 4.03. The molecule has 2 unspecified atom stereocenters. The summed E-state index contributed by atoms with van der Waals surface area (Å²) >= 11 is 3.47. The topological polar surface area (TPSA) is 42.7 Å². The predicted octanol–water partition coefficient (Wildman–Crippen LogP) is 3.51. The largest absolute Gasteiger partial charge is 0.313 e. The van der Waals surface area contributed by atoms with Gasteiger partial charge in [0.25, 0.3) is 0 Å². The summed E-state index contributed by atoms with van der Waals surface area (Å²) in [6.45, 7) is 4.36. The highest BCUT2D eigenvalue weighted by atomic mass is 79.9. The molecule has 2 atom stereocenters. The lowest BCUT2D eigenvalue weighted by Crippen LogP contribution is -2.19. The number of nitrogens with one attached hydrogen (secondary N) is 1. The smallest absolute Gasteiger partial charge is 0.0643 e. The van der Waals surface area contributed by atoms with E-state index in [2.05, 4.69) is 63.5 Å². The summed E-state index contributed by atoms with van der Waals surface area (Å²) in [7, 11) is 1.97. The van der Waals surface area contributed by atoms with Crippen LogP contribution < -0.4 is 5.32 Å². The monoisotopic (exact) mass is 336 g/mol. The number of pyridine rings is 1. The van der Waals surface area contributed by atoms with Crippen LogP contribution in [0.25, 0.3) is 0 Å². The van der Waals surface area contributed by atoms with E-state index < -0.39 is 0 Å². The first-order valence-electron chi connectivity index (χ1n) is 6.95. The maximum atomic E-state index is 4.66. The lowest BCUT2D eigenvalue weighted by molar-refractivity contribution is 0.469. The predicted molar refractivity (Wildman–Crippen MR) is 84.7 cm³/mol. The molecule has 0 aliphatic rings. The van der Waals surface area contributed by atoms with Gasteiger partial charge in [-0.2, -0.15) is 5.10 Å². The SMILES string of the molecule is CCC(C)n1ccc(CC(NC)c2cncc(Br)c2)n1. The van der Waals surface area contributed by atoms with Crippen molar-refractivity contribution in [1.29, 1.82) is 0 Å². The molecule has 4 nitrogen and oxygen atoms in total. The third kappa shape index (κ3) is 3.67. The molecular weight excluding hydrogens is 316 g/mol. The van der Waals surface area contributed by atoms with Gasteiger partial charge < -0.3 is 5.32 Å². The van der Waals surface area contributed by atoms with Crippen molar-refractivity contribution >= 4 is 15.9 Å². The molecule has 0 spiro atoms. The number of rotatable bonds is 6. The Kier molecular flexibility index (Phi) is 5.31. The number of halogens is 1. The van der Waals surface area contributed by atoms with Crippen LogP contribution in [-0.4, -0.2) is 21.8 Å². The van der Waals surface area contributed by atoms with Gasteiger partial charge >= 0.3 is 0 Å². The zero-order valence-corrected chi connectivity index (χ0v) is 13.8. The molecule has 0 aliphatic heterocycles. The summed E-state index contributed by atoms with van der Waals surface area (Å²) in [4.78, 5) is 4.23. The van der Waals surface area contributed by atoms with E-state index in [9.17, 15) is 0 Å². The Bertz CT molecular complexity index is 552. The van der Waals surface area contributed by atoms with Crippen LogP contribution in [0.3, 0.4) is 0 Å². The molecule has 0 saturated heterocycles. The second-order valence-corrected chi connectivity index (χ2v) is 5.94. The second-order valence-electron chi connectivity index (χ2n) is 5.03. The molecule has 5 heteroatoms. The molecule has 2 aromatic rings. The summed E-state index contributed by atoms with van der Waals surface area (Å²) in [6.07, 6.45) is 7.71. The van der Waals surface area contributed by atoms with E-state index in [1.54, 1.807) is 6.20 Å². The molecule has 108 valence electrons. The van der Waals surface area contributed by atoms with Crippen molar-refractivity contribution in [3.05, 3.63) is 46.5 Å². The van der Waals surface area contributed by atoms with Crippen LogP contribution in [0.4, 0.5) is 0 Å². The minimum atomic E-state index is 0.222. The number of aromatic nitrogens is 3. The fourth-order valence-electron chi connectivity index (χ4n) is 2.13. The first-order valence-corrected chi connectivity index (χ1v) is 7.75. The molecule has 20 heavy (non-hydrogen) atoms. The Labute approximate surface area is 128 Å². The third-order valence-electron chi connectivity index (χ3n) is 3.60. The van der Waals surface area contributed by atoms with Gasteiger partial charge in [-0.3, -0.25) is 9.67 Å². The van der Waals surface area contributed by atoms with Crippen molar-refractivity contribution in [2.24, 2.45) is 0 Å². The van der Waals surface area contributed by atoms with Gasteiger partial charge in [0.2, 0.25) is 0 Å². The Morgan fingerprint density at radius 1 is 1.40 bits per heavy atom. The van der Waals surface area contributed by atoms with Gasteiger partial charge in [0.1, 0.15) is 0 Å². The van der Waals surface area contributed by atoms with E-state index in [0.717, 1.165) is 23.0 Å². The van der Waals surface area contributed by atoms with Crippen LogP contribution >= 0.6 is 15.9 Å². The summed E-state index contributed by atoms with van der Waals surface area (Å²) < 4.78 is 3.04. The van der Waals surface area contributed by atoms with Crippen molar-refractivity contribution in [1.82, 2.24) is 20.1 Å². The highest BCUT2D eigenvalue weighted by Gasteiger charge is 2.13. The summed E-state index contributed by atoms with van der Waals surface area (Å²) in [5.74, 6) is 0. The highest BCUT2D eigenvalue weighted by molar-refractivity contribution is 9.10. The Morgan fingerprint density at radius 2 is 2.20 bits per heavy atom. The quantitative estimate of drug-likeness (QED) is 0.877. The van der Waals surface area contributed by atoms with E-state index in [0.29, 0.717) is 6.04 Å². The molecule has 0 radical (unpaired) electrons. The van der Waals surface area contributed by atoms with Crippen LogP contribution in [0, 0.1) is 0 Å². The number of hydrogen-bond donors (Lipinski definition) is 1. The van der Waals surface area contributed by atoms with Crippen LogP contribution in [0.2, 0.25) is 0 Å². The summed E-state index contributed by atoms with van der Waals surface area (Å²) in [5.41, 5.74) is 2.27. The van der Waals surface area contributed by atoms with E-state index in [-0.39, 0.29) is 6.04 Å². The Hall–Kier alpha value is -1.20. The van der Waals surface area contributed by atoms with Crippen molar-refractivity contribution in [3.63, 3.8) is 0 Å². The lowest BCUT2D eigenvalue weighted by Gasteiger charge is -2.15. The minimum absolute atomic E-state index is 0.222. The molecule has 2 aromatic heterocycles. The van der Waals surface area contributed by atoms with Crippen LogP contribution in [0.1, 0.15) is 43.6 Å². The normalized spacial score (nSPS) is 14.2. The first-order chi connectivity index (χ1) is 9.63. The standard InChI is InChI=1S/C15H21BrN4/c1-4-11(2)20-6-5-14(19-20)8-15(17-3)12-7-13(16)10-18-9-12/h5-7,9-11,15,17H,4,8H2,1-3H3. The Morgan fingerprint density at radius 3 is 2.85 bits per heavy atom. The van der Waals surface area contributed by atoms with E-state index in [1.165, 1.54) is 5.56 Å². The van der Waals surface area contributed by atoms with E-state index >= 15 is 0 Å². The van der Waals surface area contributed by atoms with Gasteiger partial charge in [-0.15, -0.1) is 0 Å². The van der Waals surface area contributed by atoms with Crippen LogP contribution in [0.5, 0.6) is 0 Å². The van der Waals surface area contributed by atoms with Gasteiger partial charge in [-0.1, -0.05) is 6.92 Å². The van der Waals surface area contributed by atoms with Gasteiger partial charge in [-0.05, 0) is 54.0 Å². The molecule has 1 N–H and O–H groups in total. The highest BCUT2D eigenvalue weighted by Crippen LogP contribution is 2.20. The molecule has 0 amide bonds. The Balaban J connectivity index is 2.12. The average Bonchev–Trinajstić information content (AvgIpc) is 2.92. The maximum absolute atomic E-state index is 4.66. The first kappa shape index (κ1) is 15.2. The van der Waals surface area contributed by atoms with Gasteiger partial charge in [0.05, 0.1) is 5.69 Å². The number of likely N-dealkylation sites (N-methyl/N-ethyl adjacent to an activating group) is 1. The van der Waals surface area contributed by atoms with Crippen molar-refractivity contribution in [3.8, 4) is 0 Å². The minimum Gasteiger partial charge on any atom is -0.313 e. The number of hydrogen-bond acceptors (Lipinski definition) is 3. The van der Waals surface area contributed by atoms with Gasteiger partial charge in [-0.25, -0.2) is 0 Å². The molecule has 0 fully saturated rings. The van der Waals surface area contributed by atoms with Gasteiger partial charge in [0, 0.05) is 41.6 Å². The van der Waals surface area contributed by atoms with Crippen molar-refractivity contribution in [2.45, 2.75) is 38.8 Å². The molecule has 0 aliphatic carbocycles. The number of nitrogens with zero attached hydrogens (tertiary/aromatic N) is 3. The molecule has 2 heterocycles. The molecular formula is C15H21BrN4. The van der Waals surface area contributed by atoms with Crippen molar-refractivity contribution in [2.75, 3.05) is 7.05 Å². The lowest BCUT2D eigenvalue weighted by atomic mass is 10.0. The van der Waals surface area contributed by atoms with E-state index in [4.69, 9.17) is 0 Å². The summed E-state index contributed by atoms with van der Waals surface area (Å²) in [6, 6.07) is 4.87. The van der Waals surface area contributed by atoms with Crippen LogP contribution in [-0.2, 0) is 6.42 Å². The van der Waals surface area contributed by atoms with Gasteiger partial charge in [0.15, 0.2) is 0 Å². The van der Waals surface area contributed by atoms with Crippen LogP contribution in [0.15, 0.2) is 35.2 Å². The summed E-state index contributed by atoms with van der Waals surface area (Å²) in [5, 5.41) is 8.00. The fourth-order valence-corrected chi connectivity index (χ4v) is 2.52. The van der Waals surface area contributed by atoms with Crippen molar-refractivity contribution < 1.29 is 0 Å². The zero-order chi connectivity index (χ0) is 14.5. The molecule has 0 saturated carbocycles. The second kappa shape index (κ2) is 6.99. The molecule has 0 aromatic carbocycles. The maximum Gasteiger partial charge on any atom is 0.0643 e. The average molecular weight is 337 g/mol. The fraction of sp³-hybridized carbons (Fsp3) is 0.467.